The van der Waals surface area contributed by atoms with Crippen molar-refractivity contribution < 1.29 is 0 Å². The molecule has 3 heterocycles. The molecule has 0 aliphatic carbocycles. The van der Waals surface area contributed by atoms with Crippen molar-refractivity contribution >= 4 is 5.69 Å². The highest BCUT2D eigenvalue weighted by molar-refractivity contribution is 5.53. The fraction of sp³-hybridized carbons (Fsp3) is 0.615. The average molecular weight is 217 g/mol. The first-order valence-corrected chi connectivity index (χ1v) is 6.15. The van der Waals surface area contributed by atoms with Gasteiger partial charge in [-0.2, -0.15) is 0 Å². The van der Waals surface area contributed by atoms with Gasteiger partial charge in [-0.1, -0.05) is 0 Å². The molecule has 1 N–H and O–H groups in total. The molecule has 2 aliphatic heterocycles. The zero-order valence-corrected chi connectivity index (χ0v) is 9.98. The SMILES string of the molecule is Cc1cnccc1N1CC2CNCC2C1C. The Balaban J connectivity index is 1.89. The maximum Gasteiger partial charge on any atom is 0.0429 e. The van der Waals surface area contributed by atoms with E-state index in [-0.39, 0.29) is 0 Å². The molecule has 2 aliphatic rings. The average Bonchev–Trinajstić information content (AvgIpc) is 2.83. The summed E-state index contributed by atoms with van der Waals surface area (Å²) in [5.41, 5.74) is 2.67. The van der Waals surface area contributed by atoms with Gasteiger partial charge in [-0.15, -0.1) is 0 Å². The molecular weight excluding hydrogens is 198 g/mol. The molecule has 0 spiro atoms. The lowest BCUT2D eigenvalue weighted by atomic mass is 9.95. The van der Waals surface area contributed by atoms with E-state index in [4.69, 9.17) is 0 Å². The third kappa shape index (κ3) is 1.42. The lowest BCUT2D eigenvalue weighted by molar-refractivity contribution is 0.471. The summed E-state index contributed by atoms with van der Waals surface area (Å²) >= 11 is 0. The van der Waals surface area contributed by atoms with Crippen LogP contribution in [0.4, 0.5) is 5.69 Å². The van der Waals surface area contributed by atoms with E-state index in [0.717, 1.165) is 11.8 Å². The van der Waals surface area contributed by atoms with Crippen molar-refractivity contribution in [2.24, 2.45) is 11.8 Å². The van der Waals surface area contributed by atoms with Gasteiger partial charge in [-0.05, 0) is 37.3 Å². The molecule has 0 radical (unpaired) electrons. The molecule has 3 nitrogen and oxygen atoms in total. The van der Waals surface area contributed by atoms with Gasteiger partial charge in [-0.3, -0.25) is 4.98 Å². The maximum absolute atomic E-state index is 4.17. The molecule has 3 atom stereocenters. The van der Waals surface area contributed by atoms with E-state index in [1.165, 1.54) is 30.9 Å². The number of nitrogens with zero attached hydrogens (tertiary/aromatic N) is 2. The van der Waals surface area contributed by atoms with Crippen LogP contribution in [0.15, 0.2) is 18.5 Å². The van der Waals surface area contributed by atoms with E-state index in [1.54, 1.807) is 0 Å². The molecule has 0 saturated carbocycles. The van der Waals surface area contributed by atoms with Gasteiger partial charge in [0.2, 0.25) is 0 Å². The van der Waals surface area contributed by atoms with E-state index in [1.807, 2.05) is 12.4 Å². The van der Waals surface area contributed by atoms with E-state index < -0.39 is 0 Å². The van der Waals surface area contributed by atoms with Crippen LogP contribution in [0, 0.1) is 18.8 Å². The highest BCUT2D eigenvalue weighted by Gasteiger charge is 2.41. The number of fused-ring (bicyclic) bond motifs is 1. The Morgan fingerprint density at radius 2 is 2.31 bits per heavy atom. The van der Waals surface area contributed by atoms with Gasteiger partial charge >= 0.3 is 0 Å². The van der Waals surface area contributed by atoms with E-state index in [9.17, 15) is 0 Å². The van der Waals surface area contributed by atoms with Crippen LogP contribution in [0.25, 0.3) is 0 Å². The van der Waals surface area contributed by atoms with Crippen LogP contribution in [0.2, 0.25) is 0 Å². The van der Waals surface area contributed by atoms with Crippen LogP contribution < -0.4 is 10.2 Å². The number of pyridine rings is 1. The third-order valence-corrected chi connectivity index (χ3v) is 4.23. The van der Waals surface area contributed by atoms with Gasteiger partial charge in [0.1, 0.15) is 0 Å². The summed E-state index contributed by atoms with van der Waals surface area (Å²) in [5.74, 6) is 1.66. The molecule has 86 valence electrons. The van der Waals surface area contributed by atoms with E-state index in [0.29, 0.717) is 6.04 Å². The molecule has 0 bridgehead atoms. The van der Waals surface area contributed by atoms with Crippen molar-refractivity contribution in [1.29, 1.82) is 0 Å². The van der Waals surface area contributed by atoms with Crippen LogP contribution >= 0.6 is 0 Å². The Bertz CT molecular complexity index is 391. The first-order chi connectivity index (χ1) is 7.77. The summed E-state index contributed by atoms with van der Waals surface area (Å²) < 4.78 is 0. The monoisotopic (exact) mass is 217 g/mol. The number of nitrogens with one attached hydrogen (secondary N) is 1. The smallest absolute Gasteiger partial charge is 0.0429 e. The summed E-state index contributed by atoms with van der Waals surface area (Å²) in [6, 6.07) is 2.81. The zero-order valence-electron chi connectivity index (χ0n) is 9.98. The predicted octanol–water partition coefficient (Wildman–Crippen LogP) is 1.43. The third-order valence-electron chi connectivity index (χ3n) is 4.23. The standard InChI is InChI=1S/C13H19N3/c1-9-5-14-4-3-13(9)16-8-11-6-15-7-12(11)10(16)2/h3-5,10-12,15H,6-8H2,1-2H3. The van der Waals surface area contributed by atoms with Crippen molar-refractivity contribution in [3.05, 3.63) is 24.0 Å². The lowest BCUT2D eigenvalue weighted by Gasteiger charge is -2.27. The van der Waals surface area contributed by atoms with E-state index in [2.05, 4.69) is 35.1 Å². The van der Waals surface area contributed by atoms with Crippen LogP contribution in [-0.2, 0) is 0 Å². The predicted molar refractivity (Wildman–Crippen MR) is 65.6 cm³/mol. The highest BCUT2D eigenvalue weighted by Crippen LogP contribution is 2.36. The van der Waals surface area contributed by atoms with Gasteiger partial charge in [-0.25, -0.2) is 0 Å². The Hall–Kier alpha value is -1.09. The van der Waals surface area contributed by atoms with Crippen molar-refractivity contribution in [2.45, 2.75) is 19.9 Å². The van der Waals surface area contributed by atoms with Crippen LogP contribution in [0.3, 0.4) is 0 Å². The minimum Gasteiger partial charge on any atom is -0.368 e. The first kappa shape index (κ1) is 10.1. The minimum absolute atomic E-state index is 0.654. The van der Waals surface area contributed by atoms with Gasteiger partial charge in [0, 0.05) is 43.8 Å². The van der Waals surface area contributed by atoms with Crippen LogP contribution in [-0.4, -0.2) is 30.7 Å². The summed E-state index contributed by atoms with van der Waals surface area (Å²) in [4.78, 5) is 6.74. The summed E-state index contributed by atoms with van der Waals surface area (Å²) in [6.45, 7) is 8.09. The first-order valence-electron chi connectivity index (χ1n) is 6.15. The minimum atomic E-state index is 0.654. The molecule has 0 amide bonds. The van der Waals surface area contributed by atoms with Gasteiger partial charge in [0.15, 0.2) is 0 Å². The van der Waals surface area contributed by atoms with Gasteiger partial charge in [0.25, 0.3) is 0 Å². The van der Waals surface area contributed by atoms with Gasteiger partial charge in [0.05, 0.1) is 0 Å². The molecule has 1 aromatic heterocycles. The molecule has 1 aromatic rings. The fourth-order valence-electron chi connectivity index (χ4n) is 3.27. The molecule has 2 saturated heterocycles. The topological polar surface area (TPSA) is 28.2 Å². The van der Waals surface area contributed by atoms with Crippen LogP contribution in [0.1, 0.15) is 12.5 Å². The maximum atomic E-state index is 4.17. The van der Waals surface area contributed by atoms with Crippen molar-refractivity contribution in [3.63, 3.8) is 0 Å². The lowest BCUT2D eigenvalue weighted by Crippen LogP contribution is -2.33. The number of aryl methyl sites for hydroxylation is 1. The Morgan fingerprint density at radius 3 is 3.06 bits per heavy atom. The quantitative estimate of drug-likeness (QED) is 0.771. The zero-order chi connectivity index (χ0) is 11.1. The Kier molecular flexibility index (Phi) is 2.36. The molecular formula is C13H19N3. The molecule has 16 heavy (non-hydrogen) atoms. The van der Waals surface area contributed by atoms with Crippen LogP contribution in [0.5, 0.6) is 0 Å². The molecule has 3 heteroatoms. The van der Waals surface area contributed by atoms with Crippen molar-refractivity contribution in [1.82, 2.24) is 10.3 Å². The Labute approximate surface area is 96.9 Å². The normalized spacial score (nSPS) is 33.1. The van der Waals surface area contributed by atoms with Gasteiger partial charge < -0.3 is 10.2 Å². The molecule has 0 aromatic carbocycles. The molecule has 3 unspecified atom stereocenters. The summed E-state index contributed by atoms with van der Waals surface area (Å²) in [7, 11) is 0. The summed E-state index contributed by atoms with van der Waals surface area (Å²) in [5, 5.41) is 3.50. The number of aromatic nitrogens is 1. The second-order valence-corrected chi connectivity index (χ2v) is 5.14. The second-order valence-electron chi connectivity index (χ2n) is 5.14. The van der Waals surface area contributed by atoms with Crippen molar-refractivity contribution in [3.8, 4) is 0 Å². The van der Waals surface area contributed by atoms with E-state index >= 15 is 0 Å². The highest BCUT2D eigenvalue weighted by atomic mass is 15.2. The number of hydrogen-bond donors (Lipinski definition) is 1. The Morgan fingerprint density at radius 1 is 1.44 bits per heavy atom. The number of anilines is 1. The number of rotatable bonds is 1. The molecule has 2 fully saturated rings. The van der Waals surface area contributed by atoms with Crippen molar-refractivity contribution in [2.75, 3.05) is 24.5 Å². The largest absolute Gasteiger partial charge is 0.368 e. The number of hydrogen-bond acceptors (Lipinski definition) is 3. The second kappa shape index (κ2) is 3.74. The summed E-state index contributed by atoms with van der Waals surface area (Å²) in [6.07, 6.45) is 3.87. The molecule has 3 rings (SSSR count). The fourth-order valence-corrected chi connectivity index (χ4v) is 3.27.